The first-order valence-electron chi connectivity index (χ1n) is 12.7. The molecule has 12 heteroatoms. The minimum Gasteiger partial charge on any atom is -0.435 e. The molecule has 2 N–H and O–H groups in total. The first kappa shape index (κ1) is 28.9. The Balaban J connectivity index is 1.40. The second-order valence-corrected chi connectivity index (χ2v) is 10.4. The predicted octanol–water partition coefficient (Wildman–Crippen LogP) is 5.78. The first-order chi connectivity index (χ1) is 18.3. The van der Waals surface area contributed by atoms with Crippen LogP contribution in [-0.4, -0.2) is 64.8 Å². The average molecular weight is 559 g/mol. The van der Waals surface area contributed by atoms with Crippen molar-refractivity contribution in [3.63, 3.8) is 0 Å². The number of hydrogen-bond acceptors (Lipinski definition) is 3. The van der Waals surface area contributed by atoms with E-state index in [1.165, 1.54) is 0 Å². The van der Waals surface area contributed by atoms with Gasteiger partial charge in [-0.05, 0) is 37.5 Å². The molecule has 39 heavy (non-hydrogen) atoms. The molecule has 2 aliphatic rings. The highest BCUT2D eigenvalue weighted by Gasteiger charge is 2.42. The van der Waals surface area contributed by atoms with Gasteiger partial charge < -0.3 is 10.4 Å². The summed E-state index contributed by atoms with van der Waals surface area (Å²) in [6, 6.07) is 9.89. The van der Waals surface area contributed by atoms with E-state index in [1.807, 2.05) is 30.3 Å². The van der Waals surface area contributed by atoms with Crippen LogP contribution in [0.4, 0.5) is 31.1 Å². The Kier molecular flexibility index (Phi) is 8.27. The second kappa shape index (κ2) is 11.2. The van der Waals surface area contributed by atoms with Gasteiger partial charge in [-0.3, -0.25) is 9.69 Å². The van der Waals surface area contributed by atoms with Gasteiger partial charge in [0, 0.05) is 42.7 Å². The van der Waals surface area contributed by atoms with Crippen molar-refractivity contribution >= 4 is 12.0 Å². The van der Waals surface area contributed by atoms with E-state index < -0.39 is 47.1 Å². The third-order valence-corrected chi connectivity index (χ3v) is 7.67. The first-order valence-corrected chi connectivity index (χ1v) is 12.7. The average Bonchev–Trinajstić information content (AvgIpc) is 3.22. The smallest absolute Gasteiger partial charge is 0.435 e. The fourth-order valence-electron chi connectivity index (χ4n) is 5.59. The Morgan fingerprint density at radius 2 is 1.56 bits per heavy atom. The summed E-state index contributed by atoms with van der Waals surface area (Å²) < 4.78 is 79.0. The molecule has 6 nitrogen and oxygen atoms in total. The lowest BCUT2D eigenvalue weighted by molar-refractivity contribution is -0.870. The fourth-order valence-corrected chi connectivity index (χ4v) is 5.59. The maximum absolute atomic E-state index is 13.2. The number of carbonyl (C=O) groups is 2. The van der Waals surface area contributed by atoms with Gasteiger partial charge in [0.05, 0.1) is 24.2 Å². The zero-order valence-corrected chi connectivity index (χ0v) is 21.1. The number of quaternary nitrogens is 1. The van der Waals surface area contributed by atoms with Gasteiger partial charge in [0.25, 0.3) is 5.91 Å². The number of halogens is 6. The van der Waals surface area contributed by atoms with E-state index in [-0.39, 0.29) is 16.6 Å². The van der Waals surface area contributed by atoms with Gasteiger partial charge in [0.15, 0.2) is 0 Å². The maximum atomic E-state index is 13.2. The van der Waals surface area contributed by atoms with E-state index in [2.05, 4.69) is 10.2 Å². The SMILES string of the molecule is O=C(N[C@@H]1CCN([C@@H]2CCC[N+](Cc3ccccc3)(C(=O)O)CC2)C1)c1cc(C(F)(F)F)cc(C(F)(F)F)c1. The summed E-state index contributed by atoms with van der Waals surface area (Å²) in [7, 11) is 0. The molecule has 2 saturated heterocycles. The second-order valence-electron chi connectivity index (χ2n) is 10.4. The van der Waals surface area contributed by atoms with Crippen LogP contribution in [0.2, 0.25) is 0 Å². The highest BCUT2D eigenvalue weighted by atomic mass is 19.4. The maximum Gasteiger partial charge on any atom is 0.513 e. The molecule has 2 aromatic rings. The van der Waals surface area contributed by atoms with Crippen molar-refractivity contribution in [1.29, 1.82) is 0 Å². The summed E-state index contributed by atoms with van der Waals surface area (Å²) in [5, 5.41) is 12.7. The summed E-state index contributed by atoms with van der Waals surface area (Å²) in [6.07, 6.45) is -8.43. The van der Waals surface area contributed by atoms with E-state index in [0.717, 1.165) is 12.0 Å². The van der Waals surface area contributed by atoms with Crippen LogP contribution >= 0.6 is 0 Å². The van der Waals surface area contributed by atoms with E-state index in [0.29, 0.717) is 64.1 Å². The predicted molar refractivity (Wildman–Crippen MR) is 130 cm³/mol. The molecule has 2 aromatic carbocycles. The Bertz CT molecular complexity index is 1160. The number of nitrogens with one attached hydrogen (secondary N) is 1. The topological polar surface area (TPSA) is 69.6 Å². The molecule has 2 heterocycles. The molecule has 0 saturated carbocycles. The van der Waals surface area contributed by atoms with Gasteiger partial charge >= 0.3 is 18.4 Å². The minimum absolute atomic E-state index is 0.00635. The number of benzene rings is 2. The molecule has 0 spiro atoms. The van der Waals surface area contributed by atoms with Gasteiger partial charge in [0.2, 0.25) is 0 Å². The highest BCUT2D eigenvalue weighted by Crippen LogP contribution is 2.36. The molecule has 212 valence electrons. The molecule has 4 rings (SSSR count). The van der Waals surface area contributed by atoms with Crippen molar-refractivity contribution in [3.05, 3.63) is 70.8 Å². The summed E-state index contributed by atoms with van der Waals surface area (Å²) in [4.78, 5) is 27.1. The van der Waals surface area contributed by atoms with Gasteiger partial charge in [-0.2, -0.15) is 31.1 Å². The Morgan fingerprint density at radius 3 is 2.15 bits per heavy atom. The Labute approximate surface area is 221 Å². The van der Waals surface area contributed by atoms with Crippen LogP contribution in [-0.2, 0) is 18.9 Å². The van der Waals surface area contributed by atoms with Crippen molar-refractivity contribution in [2.45, 2.75) is 56.7 Å². The van der Waals surface area contributed by atoms with Crippen molar-refractivity contribution < 1.29 is 45.5 Å². The van der Waals surface area contributed by atoms with Gasteiger partial charge in [-0.15, -0.1) is 0 Å². The summed E-state index contributed by atoms with van der Waals surface area (Å²) in [5.74, 6) is -0.997. The molecule has 0 aliphatic carbocycles. The molecule has 0 aromatic heterocycles. The minimum atomic E-state index is -5.04. The lowest BCUT2D eigenvalue weighted by Crippen LogP contribution is -2.52. The van der Waals surface area contributed by atoms with Crippen LogP contribution < -0.4 is 5.32 Å². The molecule has 1 unspecified atom stereocenters. The molecule has 0 radical (unpaired) electrons. The normalized spacial score (nSPS) is 24.8. The molecule has 3 atom stereocenters. The number of alkyl halides is 6. The standard InChI is InChI=1S/C27H29F6N3O3/c28-26(29,30)20-13-19(14-21(15-20)27(31,32)33)24(37)34-22-8-10-35(16-22)23-7-4-11-36(12-9-23,25(38)39)17-18-5-2-1-3-6-18/h1-3,5-6,13-15,22-23H,4,7-12,16-17H2,(H-,34,37,38,39)/p+1/t22-,23-,36?/m1/s1. The number of carboxylic acid groups (broad SMARTS) is 1. The van der Waals surface area contributed by atoms with Crippen LogP contribution in [0.3, 0.4) is 0 Å². The molecular weight excluding hydrogens is 528 g/mol. The third kappa shape index (κ3) is 6.91. The molecule has 0 bridgehead atoms. The number of rotatable bonds is 5. The lowest BCUT2D eigenvalue weighted by atomic mass is 10.0. The van der Waals surface area contributed by atoms with Crippen LogP contribution in [0.25, 0.3) is 0 Å². The van der Waals surface area contributed by atoms with E-state index in [9.17, 15) is 41.0 Å². The number of amides is 2. The highest BCUT2D eigenvalue weighted by molar-refractivity contribution is 5.95. The fraction of sp³-hybridized carbons (Fsp3) is 0.481. The van der Waals surface area contributed by atoms with Gasteiger partial charge in [0.1, 0.15) is 6.54 Å². The molecule has 2 aliphatic heterocycles. The monoisotopic (exact) mass is 558 g/mol. The van der Waals surface area contributed by atoms with Crippen molar-refractivity contribution in [1.82, 2.24) is 10.2 Å². The summed E-state index contributed by atoms with van der Waals surface area (Å²) >= 11 is 0. The summed E-state index contributed by atoms with van der Waals surface area (Å²) in [6.45, 7) is 2.24. The zero-order chi connectivity index (χ0) is 28.4. The van der Waals surface area contributed by atoms with Crippen LogP contribution in [0.5, 0.6) is 0 Å². The summed E-state index contributed by atoms with van der Waals surface area (Å²) in [5.41, 5.74) is -2.84. The van der Waals surface area contributed by atoms with Crippen LogP contribution in [0, 0.1) is 0 Å². The van der Waals surface area contributed by atoms with Crippen LogP contribution in [0.1, 0.15) is 52.7 Å². The Hall–Kier alpha value is -3.12. The number of carbonyl (C=O) groups excluding carboxylic acids is 1. The van der Waals surface area contributed by atoms with Crippen molar-refractivity contribution in [2.75, 3.05) is 26.2 Å². The largest absolute Gasteiger partial charge is 0.513 e. The Morgan fingerprint density at radius 1 is 0.923 bits per heavy atom. The lowest BCUT2D eigenvalue weighted by Gasteiger charge is -2.32. The van der Waals surface area contributed by atoms with E-state index in [4.69, 9.17) is 0 Å². The molecular formula is C27H30F6N3O3+. The van der Waals surface area contributed by atoms with Crippen LogP contribution in [0.15, 0.2) is 48.5 Å². The molecule has 2 fully saturated rings. The molecule has 2 amide bonds. The van der Waals surface area contributed by atoms with Gasteiger partial charge in [-0.1, -0.05) is 30.3 Å². The van der Waals surface area contributed by atoms with Gasteiger partial charge in [-0.25, -0.2) is 4.48 Å². The number of hydrogen-bond donors (Lipinski definition) is 2. The van der Waals surface area contributed by atoms with E-state index >= 15 is 0 Å². The van der Waals surface area contributed by atoms with Crippen molar-refractivity contribution in [3.8, 4) is 0 Å². The zero-order valence-electron chi connectivity index (χ0n) is 21.1. The number of nitrogens with zero attached hydrogens (tertiary/aromatic N) is 2. The number of likely N-dealkylation sites (tertiary alicyclic amines) is 2. The third-order valence-electron chi connectivity index (χ3n) is 7.67. The van der Waals surface area contributed by atoms with Crippen molar-refractivity contribution in [2.24, 2.45) is 0 Å². The van der Waals surface area contributed by atoms with E-state index in [1.54, 1.807) is 0 Å². The quantitative estimate of drug-likeness (QED) is 0.361.